The van der Waals surface area contributed by atoms with Crippen molar-refractivity contribution in [3.05, 3.63) is 81.2 Å². The normalized spacial score (nSPS) is 15.5. The fraction of sp³-hybridized carbons (Fsp3) is 0.217. The maximum atomic E-state index is 13.4. The Bertz CT molecular complexity index is 1300. The Balaban J connectivity index is 1.65. The Morgan fingerprint density at radius 2 is 1.94 bits per heavy atom. The quantitative estimate of drug-likeness (QED) is 0.414. The number of unbranched alkanes of at least 4 members (excludes halogenated alkanes) is 1. The van der Waals surface area contributed by atoms with Gasteiger partial charge in [0.25, 0.3) is 5.91 Å². The molecule has 5 rings (SSSR count). The lowest BCUT2D eigenvalue weighted by molar-refractivity contribution is 0.0970. The predicted octanol–water partition coefficient (Wildman–Crippen LogP) is 4.57. The molecule has 2 aromatic carbocycles. The van der Waals surface area contributed by atoms with Crippen LogP contribution in [-0.2, 0) is 0 Å². The highest BCUT2D eigenvalue weighted by Gasteiger charge is 2.44. The number of anilines is 1. The molecule has 2 aromatic heterocycles. The average molecular weight is 433 g/mol. The van der Waals surface area contributed by atoms with Gasteiger partial charge in [-0.1, -0.05) is 48.9 Å². The molecule has 0 radical (unpaired) electrons. The first-order valence-corrected chi connectivity index (χ1v) is 10.9. The molecule has 0 aliphatic carbocycles. The van der Waals surface area contributed by atoms with E-state index in [0.717, 1.165) is 24.2 Å². The highest BCUT2D eigenvalue weighted by Crippen LogP contribution is 2.41. The van der Waals surface area contributed by atoms with E-state index in [9.17, 15) is 9.59 Å². The van der Waals surface area contributed by atoms with Crippen molar-refractivity contribution in [2.45, 2.75) is 25.8 Å². The van der Waals surface area contributed by atoms with Crippen molar-refractivity contribution < 1.29 is 13.9 Å². The van der Waals surface area contributed by atoms with E-state index in [1.807, 2.05) is 24.3 Å². The summed E-state index contributed by atoms with van der Waals surface area (Å²) in [6.07, 6.45) is 2.03. The zero-order valence-corrected chi connectivity index (χ0v) is 17.6. The summed E-state index contributed by atoms with van der Waals surface area (Å²) in [5.74, 6) is 0.393. The number of rotatable bonds is 6. The van der Waals surface area contributed by atoms with Crippen molar-refractivity contribution in [3.63, 3.8) is 0 Å². The molecule has 0 bridgehead atoms. The van der Waals surface area contributed by atoms with Gasteiger partial charge < -0.3 is 9.15 Å². The number of amides is 1. The Morgan fingerprint density at radius 3 is 2.68 bits per heavy atom. The average Bonchev–Trinajstić information content (AvgIpc) is 3.41. The first-order valence-electron chi connectivity index (χ1n) is 10.1. The number of hydrogen-bond acceptors (Lipinski definition) is 7. The second-order valence-electron chi connectivity index (χ2n) is 7.24. The molecule has 7 nitrogen and oxygen atoms in total. The smallest absolute Gasteiger partial charge is 0.297 e. The summed E-state index contributed by atoms with van der Waals surface area (Å²) in [5.41, 5.74) is 2.81. The lowest BCUT2D eigenvalue weighted by Gasteiger charge is -2.22. The third kappa shape index (κ3) is 3.29. The van der Waals surface area contributed by atoms with E-state index >= 15 is 0 Å². The summed E-state index contributed by atoms with van der Waals surface area (Å²) in [6.45, 7) is 2.76. The summed E-state index contributed by atoms with van der Waals surface area (Å²) in [4.78, 5) is 28.2. The van der Waals surface area contributed by atoms with E-state index in [1.54, 1.807) is 29.8 Å². The van der Waals surface area contributed by atoms with Gasteiger partial charge in [0, 0.05) is 0 Å². The van der Waals surface area contributed by atoms with Crippen LogP contribution in [-0.4, -0.2) is 22.7 Å². The molecule has 156 valence electrons. The third-order valence-electron chi connectivity index (χ3n) is 5.29. The van der Waals surface area contributed by atoms with Crippen LogP contribution in [0.4, 0.5) is 5.13 Å². The molecule has 0 spiro atoms. The highest BCUT2D eigenvalue weighted by atomic mass is 32.1. The van der Waals surface area contributed by atoms with Crippen LogP contribution in [0.1, 0.15) is 47.5 Å². The highest BCUT2D eigenvalue weighted by molar-refractivity contribution is 7.13. The number of fused-ring (bicyclic) bond motifs is 2. The van der Waals surface area contributed by atoms with E-state index in [0.29, 0.717) is 28.3 Å². The van der Waals surface area contributed by atoms with E-state index in [1.165, 1.54) is 16.2 Å². The van der Waals surface area contributed by atoms with Gasteiger partial charge in [0.2, 0.25) is 10.9 Å². The minimum absolute atomic E-state index is 0.0483. The van der Waals surface area contributed by atoms with E-state index in [-0.39, 0.29) is 11.2 Å². The van der Waals surface area contributed by atoms with Crippen LogP contribution >= 0.6 is 11.3 Å². The van der Waals surface area contributed by atoms with Gasteiger partial charge in [0.15, 0.2) is 5.43 Å². The largest absolute Gasteiger partial charge is 0.494 e. The molecule has 1 amide bonds. The molecule has 1 atom stereocenters. The Hall–Kier alpha value is -3.52. The second-order valence-corrected chi connectivity index (χ2v) is 8.05. The molecule has 0 unspecified atom stereocenters. The number of carbonyl (C=O) groups excluding carboxylic acids is 1. The molecule has 1 aliphatic rings. The topological polar surface area (TPSA) is 85.5 Å². The van der Waals surface area contributed by atoms with Crippen LogP contribution in [0.2, 0.25) is 0 Å². The molecule has 1 aliphatic heterocycles. The van der Waals surface area contributed by atoms with E-state index in [2.05, 4.69) is 17.1 Å². The van der Waals surface area contributed by atoms with Gasteiger partial charge in [-0.3, -0.25) is 14.5 Å². The summed E-state index contributed by atoms with van der Waals surface area (Å²) < 4.78 is 11.7. The van der Waals surface area contributed by atoms with Crippen LogP contribution in [0, 0.1) is 0 Å². The number of carbonyl (C=O) groups is 1. The summed E-state index contributed by atoms with van der Waals surface area (Å²) >= 11 is 1.23. The second kappa shape index (κ2) is 7.96. The van der Waals surface area contributed by atoms with Crippen LogP contribution in [0.15, 0.2) is 63.3 Å². The third-order valence-corrected chi connectivity index (χ3v) is 5.98. The number of nitrogens with zero attached hydrogens (tertiary/aromatic N) is 3. The molecule has 3 heterocycles. The van der Waals surface area contributed by atoms with Gasteiger partial charge in [-0.05, 0) is 36.2 Å². The number of aromatic nitrogens is 2. The SMILES string of the molecule is CCCCOc1ccc([C@@H]2c3c(oc4ccccc4c3=O)C(=O)N2c2nncs2)cc1. The molecule has 0 N–H and O–H groups in total. The van der Waals surface area contributed by atoms with E-state index < -0.39 is 11.9 Å². The fourth-order valence-electron chi connectivity index (χ4n) is 3.79. The lowest BCUT2D eigenvalue weighted by atomic mass is 9.98. The van der Waals surface area contributed by atoms with Crippen molar-refractivity contribution in [2.24, 2.45) is 0 Å². The number of ether oxygens (including phenoxy) is 1. The first-order chi connectivity index (χ1) is 15.2. The lowest BCUT2D eigenvalue weighted by Crippen LogP contribution is -2.29. The van der Waals surface area contributed by atoms with Crippen molar-refractivity contribution in [1.29, 1.82) is 0 Å². The molecule has 0 saturated carbocycles. The number of hydrogen-bond donors (Lipinski definition) is 0. The van der Waals surface area contributed by atoms with Gasteiger partial charge in [0.05, 0.1) is 23.6 Å². The summed E-state index contributed by atoms with van der Waals surface area (Å²) in [7, 11) is 0. The van der Waals surface area contributed by atoms with Crippen LogP contribution in [0.3, 0.4) is 0 Å². The molecular formula is C23H19N3O4S. The molecule has 31 heavy (non-hydrogen) atoms. The van der Waals surface area contributed by atoms with Crippen LogP contribution in [0.5, 0.6) is 5.75 Å². The van der Waals surface area contributed by atoms with Gasteiger partial charge in [-0.2, -0.15) is 0 Å². The van der Waals surface area contributed by atoms with Crippen molar-refractivity contribution in [1.82, 2.24) is 10.2 Å². The molecule has 8 heteroatoms. The van der Waals surface area contributed by atoms with Gasteiger partial charge in [-0.15, -0.1) is 10.2 Å². The standard InChI is InChI=1S/C23H19N3O4S/c1-2-3-12-29-15-10-8-14(9-11-15)19-18-20(27)16-6-4-5-7-17(16)30-21(18)22(28)26(19)23-25-24-13-31-23/h4-11,13,19H,2-3,12H2,1H3/t19-/m1/s1. The predicted molar refractivity (Wildman–Crippen MR) is 118 cm³/mol. The Labute approximate surface area is 181 Å². The number of para-hydroxylation sites is 1. The summed E-state index contributed by atoms with van der Waals surface area (Å²) in [5, 5.41) is 8.80. The molecule has 4 aromatic rings. The molecule has 0 saturated heterocycles. The Morgan fingerprint density at radius 1 is 1.13 bits per heavy atom. The van der Waals surface area contributed by atoms with Gasteiger partial charge in [0.1, 0.15) is 16.8 Å². The number of benzene rings is 2. The van der Waals surface area contributed by atoms with Gasteiger partial charge >= 0.3 is 0 Å². The maximum absolute atomic E-state index is 13.4. The monoisotopic (exact) mass is 433 g/mol. The summed E-state index contributed by atoms with van der Waals surface area (Å²) in [6, 6.07) is 13.8. The minimum Gasteiger partial charge on any atom is -0.494 e. The van der Waals surface area contributed by atoms with Crippen molar-refractivity contribution in [3.8, 4) is 5.75 Å². The van der Waals surface area contributed by atoms with Crippen LogP contribution in [0.25, 0.3) is 11.0 Å². The maximum Gasteiger partial charge on any atom is 0.297 e. The molecule has 0 fully saturated rings. The fourth-order valence-corrected chi connectivity index (χ4v) is 4.37. The first kappa shape index (κ1) is 19.4. The minimum atomic E-state index is -0.652. The molecular weight excluding hydrogens is 414 g/mol. The van der Waals surface area contributed by atoms with Crippen LogP contribution < -0.4 is 15.1 Å². The van der Waals surface area contributed by atoms with Crippen molar-refractivity contribution >= 4 is 33.3 Å². The Kier molecular flexibility index (Phi) is 4.99. The van der Waals surface area contributed by atoms with E-state index in [4.69, 9.17) is 9.15 Å². The zero-order valence-electron chi connectivity index (χ0n) is 16.8. The van der Waals surface area contributed by atoms with Gasteiger partial charge in [-0.25, -0.2) is 0 Å². The van der Waals surface area contributed by atoms with Crippen molar-refractivity contribution in [2.75, 3.05) is 11.5 Å². The zero-order chi connectivity index (χ0) is 21.4.